The van der Waals surface area contributed by atoms with Gasteiger partial charge in [0.15, 0.2) is 0 Å². The van der Waals surface area contributed by atoms with E-state index in [0.717, 1.165) is 39.0 Å². The number of carbonyl (C=O) groups is 1. The second kappa shape index (κ2) is 7.17. The number of rotatable bonds is 5. The predicted molar refractivity (Wildman–Crippen MR) is 110 cm³/mol. The number of nitriles is 1. The summed E-state index contributed by atoms with van der Waals surface area (Å²) in [7, 11) is 1.81. The molecule has 28 heavy (non-hydrogen) atoms. The largest absolute Gasteiger partial charge is 0.387 e. The van der Waals surface area contributed by atoms with Crippen LogP contribution in [0.25, 0.3) is 22.0 Å². The van der Waals surface area contributed by atoms with Crippen molar-refractivity contribution in [3.05, 3.63) is 47.2 Å². The van der Waals surface area contributed by atoms with Gasteiger partial charge in [-0.15, -0.1) is 11.6 Å². The van der Waals surface area contributed by atoms with Crippen LogP contribution >= 0.6 is 11.6 Å². The molecule has 0 spiro atoms. The lowest BCUT2D eigenvalue weighted by molar-refractivity contribution is 0.0768. The van der Waals surface area contributed by atoms with E-state index in [0.29, 0.717) is 18.7 Å². The number of aryl methyl sites for hydroxylation is 1. The normalized spacial score (nSPS) is 14.2. The summed E-state index contributed by atoms with van der Waals surface area (Å²) in [5.41, 5.74) is 6.44. The van der Waals surface area contributed by atoms with Crippen LogP contribution in [-0.4, -0.2) is 40.5 Å². The van der Waals surface area contributed by atoms with Crippen molar-refractivity contribution in [1.82, 2.24) is 15.1 Å². The number of H-pyrrole nitrogens is 1. The minimum absolute atomic E-state index is 0.0628. The van der Waals surface area contributed by atoms with Crippen molar-refractivity contribution in [3.8, 4) is 17.2 Å². The van der Waals surface area contributed by atoms with E-state index in [9.17, 15) is 10.1 Å². The zero-order valence-electron chi connectivity index (χ0n) is 15.7. The Morgan fingerprint density at radius 1 is 1.39 bits per heavy atom. The summed E-state index contributed by atoms with van der Waals surface area (Å²) in [6.07, 6.45) is 0. The molecule has 6 nitrogen and oxygen atoms in total. The van der Waals surface area contributed by atoms with Gasteiger partial charge in [0.25, 0.3) is 5.91 Å². The molecule has 142 valence electrons. The zero-order valence-corrected chi connectivity index (χ0v) is 16.5. The fourth-order valence-corrected chi connectivity index (χ4v) is 3.97. The minimum Gasteiger partial charge on any atom is -0.387 e. The van der Waals surface area contributed by atoms with E-state index < -0.39 is 0 Å². The SMILES string of the molecule is CNc1ccc(-c2ccc3n[nH]c(C)c3c2)c2c1C(=O)N(CC(C#N)CCl)C2. The highest BCUT2D eigenvalue weighted by molar-refractivity contribution is 6.18. The molecule has 0 radical (unpaired) electrons. The second-order valence-electron chi connectivity index (χ2n) is 7.01. The number of fused-ring (bicyclic) bond motifs is 2. The second-order valence-corrected chi connectivity index (χ2v) is 7.32. The molecule has 0 aliphatic carbocycles. The van der Waals surface area contributed by atoms with Gasteiger partial charge < -0.3 is 10.2 Å². The smallest absolute Gasteiger partial charge is 0.256 e. The average Bonchev–Trinajstić information content (AvgIpc) is 3.25. The fourth-order valence-electron chi connectivity index (χ4n) is 3.80. The van der Waals surface area contributed by atoms with Crippen LogP contribution in [0.4, 0.5) is 5.69 Å². The monoisotopic (exact) mass is 393 g/mol. The lowest BCUT2D eigenvalue weighted by Gasteiger charge is -2.17. The molecule has 0 saturated carbocycles. The molecule has 3 aromatic rings. The van der Waals surface area contributed by atoms with Crippen molar-refractivity contribution in [2.24, 2.45) is 5.92 Å². The number of hydrogen-bond donors (Lipinski definition) is 2. The summed E-state index contributed by atoms with van der Waals surface area (Å²) in [6, 6.07) is 12.3. The van der Waals surface area contributed by atoms with Crippen molar-refractivity contribution in [1.29, 1.82) is 5.26 Å². The number of anilines is 1. The van der Waals surface area contributed by atoms with Crippen molar-refractivity contribution >= 4 is 34.1 Å². The highest BCUT2D eigenvalue weighted by Gasteiger charge is 2.33. The van der Waals surface area contributed by atoms with Gasteiger partial charge in [0.1, 0.15) is 0 Å². The Hall–Kier alpha value is -3.04. The summed E-state index contributed by atoms with van der Waals surface area (Å²) in [5.74, 6) is -0.239. The van der Waals surface area contributed by atoms with Crippen LogP contribution in [0.5, 0.6) is 0 Å². The minimum atomic E-state index is -0.383. The maximum Gasteiger partial charge on any atom is 0.256 e. The lowest BCUT2D eigenvalue weighted by atomic mass is 9.94. The molecular weight excluding hydrogens is 374 g/mol. The van der Waals surface area contributed by atoms with Gasteiger partial charge >= 0.3 is 0 Å². The number of aromatic amines is 1. The molecule has 0 fully saturated rings. The molecule has 1 unspecified atom stereocenters. The number of halogens is 1. The maximum atomic E-state index is 13.1. The van der Waals surface area contributed by atoms with Crippen LogP contribution < -0.4 is 5.32 Å². The topological polar surface area (TPSA) is 84.8 Å². The third-order valence-electron chi connectivity index (χ3n) is 5.30. The van der Waals surface area contributed by atoms with Crippen molar-refractivity contribution in [2.45, 2.75) is 13.5 Å². The van der Waals surface area contributed by atoms with Gasteiger partial charge in [0.2, 0.25) is 0 Å². The van der Waals surface area contributed by atoms with Gasteiger partial charge in [-0.1, -0.05) is 12.1 Å². The summed E-state index contributed by atoms with van der Waals surface area (Å²) in [4.78, 5) is 14.8. The van der Waals surface area contributed by atoms with Crippen LogP contribution in [0.15, 0.2) is 30.3 Å². The number of benzene rings is 2. The van der Waals surface area contributed by atoms with Gasteiger partial charge in [-0.2, -0.15) is 10.4 Å². The van der Waals surface area contributed by atoms with E-state index in [1.807, 2.05) is 38.2 Å². The average molecular weight is 394 g/mol. The molecule has 2 aromatic carbocycles. The molecule has 4 rings (SSSR count). The molecule has 7 heteroatoms. The number of nitrogens with one attached hydrogen (secondary N) is 2. The Kier molecular flexibility index (Phi) is 4.70. The summed E-state index contributed by atoms with van der Waals surface area (Å²) < 4.78 is 0. The standard InChI is InChI=1S/C21H20ClN5O/c1-12-16-7-14(3-5-18(16)26-25-12)15-4-6-19(24-2)20-17(15)11-27(21(20)28)10-13(8-22)9-23/h3-7,13,24H,8,10-11H2,1-2H3,(H,25,26). The Balaban J connectivity index is 1.81. The quantitative estimate of drug-likeness (QED) is 0.643. The van der Waals surface area contributed by atoms with Crippen molar-refractivity contribution < 1.29 is 4.79 Å². The first kappa shape index (κ1) is 18.3. The molecule has 1 aromatic heterocycles. The van der Waals surface area contributed by atoms with E-state index in [4.69, 9.17) is 11.6 Å². The number of nitrogens with zero attached hydrogens (tertiary/aromatic N) is 3. The third kappa shape index (κ3) is 2.88. The van der Waals surface area contributed by atoms with Gasteiger partial charge in [0, 0.05) is 42.8 Å². The Labute approximate surface area is 168 Å². The molecule has 1 amide bonds. The Bertz CT molecular complexity index is 1110. The van der Waals surface area contributed by atoms with Crippen LogP contribution in [0.2, 0.25) is 0 Å². The summed E-state index contributed by atoms with van der Waals surface area (Å²) in [6.45, 7) is 2.79. The molecule has 1 atom stereocenters. The Morgan fingerprint density at radius 3 is 2.93 bits per heavy atom. The first-order valence-electron chi connectivity index (χ1n) is 9.11. The first-order chi connectivity index (χ1) is 13.6. The van der Waals surface area contributed by atoms with Crippen molar-refractivity contribution in [3.63, 3.8) is 0 Å². The molecule has 2 heterocycles. The highest BCUT2D eigenvalue weighted by atomic mass is 35.5. The first-order valence-corrected chi connectivity index (χ1v) is 9.64. The fraction of sp³-hybridized carbons (Fsp3) is 0.286. The van der Waals surface area contributed by atoms with Gasteiger partial charge in [-0.05, 0) is 41.8 Å². The van der Waals surface area contributed by atoms with E-state index in [1.165, 1.54) is 0 Å². The number of hydrogen-bond acceptors (Lipinski definition) is 4. The number of alkyl halides is 1. The number of carbonyl (C=O) groups excluding carboxylic acids is 1. The van der Waals surface area contributed by atoms with Crippen LogP contribution in [-0.2, 0) is 6.54 Å². The molecular formula is C21H20ClN5O. The van der Waals surface area contributed by atoms with E-state index >= 15 is 0 Å². The van der Waals surface area contributed by atoms with E-state index in [1.54, 1.807) is 4.90 Å². The van der Waals surface area contributed by atoms with Gasteiger partial charge in [0.05, 0.1) is 23.1 Å². The number of aromatic nitrogens is 2. The molecule has 0 saturated heterocycles. The summed E-state index contributed by atoms with van der Waals surface area (Å²) in [5, 5.41) is 20.7. The van der Waals surface area contributed by atoms with Gasteiger partial charge in [-0.3, -0.25) is 9.89 Å². The van der Waals surface area contributed by atoms with Crippen LogP contribution in [0, 0.1) is 24.2 Å². The maximum absolute atomic E-state index is 13.1. The molecule has 0 bridgehead atoms. The Morgan fingerprint density at radius 2 is 2.21 bits per heavy atom. The van der Waals surface area contributed by atoms with E-state index in [-0.39, 0.29) is 17.7 Å². The van der Waals surface area contributed by atoms with Crippen LogP contribution in [0.3, 0.4) is 0 Å². The molecule has 1 aliphatic heterocycles. The number of amides is 1. The molecule has 2 N–H and O–H groups in total. The lowest BCUT2D eigenvalue weighted by Crippen LogP contribution is -2.30. The molecule has 1 aliphatic rings. The third-order valence-corrected chi connectivity index (χ3v) is 5.67. The van der Waals surface area contributed by atoms with Gasteiger partial charge in [-0.25, -0.2) is 0 Å². The predicted octanol–water partition coefficient (Wildman–Crippen LogP) is 3.91. The van der Waals surface area contributed by atoms with Crippen molar-refractivity contribution in [2.75, 3.05) is 24.8 Å². The highest BCUT2D eigenvalue weighted by Crippen LogP contribution is 2.38. The zero-order chi connectivity index (χ0) is 19.8. The van der Waals surface area contributed by atoms with E-state index in [2.05, 4.69) is 27.6 Å². The summed E-state index contributed by atoms with van der Waals surface area (Å²) >= 11 is 5.87. The van der Waals surface area contributed by atoms with Crippen LogP contribution in [0.1, 0.15) is 21.6 Å².